The molecule has 27 heavy (non-hydrogen) atoms. The number of nitrogens with one attached hydrogen (secondary N) is 2. The summed E-state index contributed by atoms with van der Waals surface area (Å²) < 4.78 is 0. The Balaban J connectivity index is 1.70. The van der Waals surface area contributed by atoms with Crippen molar-refractivity contribution in [2.24, 2.45) is 0 Å². The molecule has 0 aliphatic carbocycles. The van der Waals surface area contributed by atoms with E-state index in [1.807, 2.05) is 5.38 Å². The van der Waals surface area contributed by atoms with Crippen molar-refractivity contribution in [1.29, 1.82) is 0 Å². The van der Waals surface area contributed by atoms with Crippen molar-refractivity contribution in [3.05, 3.63) is 71.0 Å². The highest BCUT2D eigenvalue weighted by Gasteiger charge is 2.18. The third-order valence-electron chi connectivity index (χ3n) is 3.80. The molecule has 0 radical (unpaired) electrons. The molecule has 2 aromatic heterocycles. The van der Waals surface area contributed by atoms with E-state index < -0.39 is 0 Å². The molecule has 0 fully saturated rings. The van der Waals surface area contributed by atoms with Gasteiger partial charge >= 0.3 is 0 Å². The lowest BCUT2D eigenvalue weighted by molar-refractivity contribution is 0.101. The van der Waals surface area contributed by atoms with Crippen molar-refractivity contribution in [2.45, 2.75) is 26.2 Å². The van der Waals surface area contributed by atoms with E-state index in [1.54, 1.807) is 42.6 Å². The third-order valence-corrected chi connectivity index (χ3v) is 4.56. The number of aromatic nitrogens is 2. The molecule has 2 heterocycles. The summed E-state index contributed by atoms with van der Waals surface area (Å²) >= 11 is 1.39. The molecule has 3 aromatic rings. The van der Waals surface area contributed by atoms with Gasteiger partial charge in [-0.15, -0.1) is 11.3 Å². The van der Waals surface area contributed by atoms with E-state index >= 15 is 0 Å². The number of amides is 2. The zero-order valence-electron chi connectivity index (χ0n) is 15.3. The predicted octanol–water partition coefficient (Wildman–Crippen LogP) is 4.34. The molecule has 0 aliphatic heterocycles. The van der Waals surface area contributed by atoms with E-state index in [0.29, 0.717) is 21.9 Å². The van der Waals surface area contributed by atoms with Crippen LogP contribution in [-0.2, 0) is 5.41 Å². The van der Waals surface area contributed by atoms with Crippen molar-refractivity contribution in [1.82, 2.24) is 9.97 Å². The average Bonchev–Trinajstić information content (AvgIpc) is 3.11. The second-order valence-electron chi connectivity index (χ2n) is 7.02. The summed E-state index contributed by atoms with van der Waals surface area (Å²) in [5.41, 5.74) is 2.28. The first-order valence-electron chi connectivity index (χ1n) is 8.42. The quantitative estimate of drug-likeness (QED) is 0.705. The first kappa shape index (κ1) is 18.7. The lowest BCUT2D eigenvalue weighted by atomic mass is 9.93. The van der Waals surface area contributed by atoms with E-state index in [2.05, 4.69) is 41.4 Å². The Morgan fingerprint density at radius 3 is 2.41 bits per heavy atom. The van der Waals surface area contributed by atoms with Gasteiger partial charge in [0.25, 0.3) is 11.8 Å². The normalized spacial score (nSPS) is 11.1. The average molecular weight is 380 g/mol. The van der Waals surface area contributed by atoms with Gasteiger partial charge in [0.15, 0.2) is 5.13 Å². The molecule has 0 bridgehead atoms. The monoisotopic (exact) mass is 380 g/mol. The fourth-order valence-corrected chi connectivity index (χ4v) is 3.22. The molecule has 0 spiro atoms. The van der Waals surface area contributed by atoms with Crippen LogP contribution in [0.5, 0.6) is 0 Å². The van der Waals surface area contributed by atoms with Crippen LogP contribution in [0.15, 0.2) is 54.2 Å². The van der Waals surface area contributed by atoms with Crippen LogP contribution in [0.4, 0.5) is 10.8 Å². The lowest BCUT2D eigenvalue weighted by Crippen LogP contribution is -2.15. The summed E-state index contributed by atoms with van der Waals surface area (Å²) in [7, 11) is 0. The fraction of sp³-hybridized carbons (Fsp3) is 0.200. The minimum Gasteiger partial charge on any atom is -0.322 e. The summed E-state index contributed by atoms with van der Waals surface area (Å²) in [4.78, 5) is 33.1. The second kappa shape index (κ2) is 7.67. The van der Waals surface area contributed by atoms with Crippen LogP contribution >= 0.6 is 11.3 Å². The number of benzene rings is 1. The van der Waals surface area contributed by atoms with Crippen molar-refractivity contribution in [3.63, 3.8) is 0 Å². The number of hydrogen-bond acceptors (Lipinski definition) is 5. The molecule has 2 N–H and O–H groups in total. The first-order chi connectivity index (χ1) is 12.8. The van der Waals surface area contributed by atoms with E-state index in [9.17, 15) is 9.59 Å². The maximum absolute atomic E-state index is 12.5. The van der Waals surface area contributed by atoms with Gasteiger partial charge in [0.05, 0.1) is 11.3 Å². The molecule has 3 rings (SSSR count). The van der Waals surface area contributed by atoms with Crippen LogP contribution in [0.1, 0.15) is 47.2 Å². The highest BCUT2D eigenvalue weighted by Crippen LogP contribution is 2.26. The molecule has 0 aliphatic rings. The van der Waals surface area contributed by atoms with Gasteiger partial charge in [-0.3, -0.25) is 19.9 Å². The molecule has 2 amide bonds. The minimum absolute atomic E-state index is 0.0734. The molecule has 138 valence electrons. The Hall–Kier alpha value is -3.06. The highest BCUT2D eigenvalue weighted by molar-refractivity contribution is 7.14. The van der Waals surface area contributed by atoms with Crippen molar-refractivity contribution in [2.75, 3.05) is 10.6 Å². The number of anilines is 2. The molecule has 7 heteroatoms. The Morgan fingerprint density at radius 1 is 1.00 bits per heavy atom. The number of pyridine rings is 1. The molecule has 0 saturated carbocycles. The fourth-order valence-electron chi connectivity index (χ4n) is 2.28. The van der Waals surface area contributed by atoms with Crippen LogP contribution in [0.25, 0.3) is 0 Å². The maximum Gasteiger partial charge on any atom is 0.257 e. The van der Waals surface area contributed by atoms with E-state index in [-0.39, 0.29) is 17.2 Å². The molecule has 6 nitrogen and oxygen atoms in total. The largest absolute Gasteiger partial charge is 0.322 e. The summed E-state index contributed by atoms with van der Waals surface area (Å²) in [5, 5.41) is 8.07. The van der Waals surface area contributed by atoms with Crippen molar-refractivity contribution < 1.29 is 9.59 Å². The van der Waals surface area contributed by atoms with Crippen LogP contribution in [-0.4, -0.2) is 21.8 Å². The van der Waals surface area contributed by atoms with Gasteiger partial charge in [0.2, 0.25) is 0 Å². The number of hydrogen-bond donors (Lipinski definition) is 2. The van der Waals surface area contributed by atoms with Gasteiger partial charge < -0.3 is 5.32 Å². The van der Waals surface area contributed by atoms with Crippen molar-refractivity contribution in [3.8, 4) is 0 Å². The zero-order valence-corrected chi connectivity index (χ0v) is 16.1. The maximum atomic E-state index is 12.5. The van der Waals surface area contributed by atoms with Gasteiger partial charge in [-0.25, -0.2) is 4.98 Å². The topological polar surface area (TPSA) is 84.0 Å². The van der Waals surface area contributed by atoms with Gasteiger partial charge in [-0.05, 0) is 30.3 Å². The van der Waals surface area contributed by atoms with E-state index in [1.165, 1.54) is 17.5 Å². The van der Waals surface area contributed by atoms with Gasteiger partial charge in [0, 0.05) is 34.4 Å². The van der Waals surface area contributed by atoms with E-state index in [4.69, 9.17) is 0 Å². The summed E-state index contributed by atoms with van der Waals surface area (Å²) in [6.45, 7) is 6.21. The number of nitrogens with zero attached hydrogens (tertiary/aromatic N) is 2. The van der Waals surface area contributed by atoms with E-state index in [0.717, 1.165) is 5.69 Å². The molecular weight excluding hydrogens is 360 g/mol. The van der Waals surface area contributed by atoms with Crippen LogP contribution < -0.4 is 10.6 Å². The lowest BCUT2D eigenvalue weighted by Gasteiger charge is -2.14. The number of carbonyl (C=O) groups excluding carboxylic acids is 2. The SMILES string of the molecule is CC(C)(C)c1csc(NC(=O)c2cccc(NC(=O)c3cccnc3)c2)n1. The Kier molecular flexibility index (Phi) is 5.32. The standard InChI is InChI=1S/C20H20N4O2S/c1-20(2,3)16-12-27-19(23-16)24-17(25)13-6-4-8-15(10-13)22-18(26)14-7-5-9-21-11-14/h4-12H,1-3H3,(H,22,26)(H,23,24,25). The van der Waals surface area contributed by atoms with Crippen LogP contribution in [0.2, 0.25) is 0 Å². The summed E-state index contributed by atoms with van der Waals surface area (Å²) in [6.07, 6.45) is 3.09. The Bertz CT molecular complexity index is 961. The molecule has 0 atom stereocenters. The molecular formula is C20H20N4O2S. The smallest absolute Gasteiger partial charge is 0.257 e. The summed E-state index contributed by atoms with van der Waals surface area (Å²) in [5.74, 6) is -0.558. The van der Waals surface area contributed by atoms with Gasteiger partial charge in [-0.1, -0.05) is 26.8 Å². The Morgan fingerprint density at radius 2 is 1.74 bits per heavy atom. The van der Waals surface area contributed by atoms with Gasteiger partial charge in [-0.2, -0.15) is 0 Å². The first-order valence-corrected chi connectivity index (χ1v) is 9.30. The predicted molar refractivity (Wildman–Crippen MR) is 107 cm³/mol. The van der Waals surface area contributed by atoms with Gasteiger partial charge in [0.1, 0.15) is 0 Å². The number of carbonyl (C=O) groups is 2. The molecule has 1 aromatic carbocycles. The second-order valence-corrected chi connectivity index (χ2v) is 7.88. The number of rotatable bonds is 4. The van der Waals surface area contributed by atoms with Crippen LogP contribution in [0, 0.1) is 0 Å². The van der Waals surface area contributed by atoms with Crippen LogP contribution in [0.3, 0.4) is 0 Å². The third kappa shape index (κ3) is 4.77. The Labute approximate surface area is 161 Å². The zero-order chi connectivity index (χ0) is 19.4. The highest BCUT2D eigenvalue weighted by atomic mass is 32.1. The number of thiazole rings is 1. The molecule has 0 unspecified atom stereocenters. The molecule has 0 saturated heterocycles. The minimum atomic E-state index is -0.282. The summed E-state index contributed by atoms with van der Waals surface area (Å²) in [6, 6.07) is 10.1. The van der Waals surface area contributed by atoms with Crippen molar-refractivity contribution >= 4 is 34.0 Å².